The predicted molar refractivity (Wildman–Crippen MR) is 238 cm³/mol. The van der Waals surface area contributed by atoms with Crippen LogP contribution in [-0.2, 0) is 54.0 Å². The summed E-state index contributed by atoms with van der Waals surface area (Å²) >= 11 is 0. The van der Waals surface area contributed by atoms with E-state index in [4.69, 9.17) is 38.0 Å². The number of imidazole rings is 1. The van der Waals surface area contributed by atoms with E-state index < -0.39 is 83.9 Å². The number of aliphatic hydroxyl groups excluding tert-OH is 1. The number of likely N-dealkylation sites (N-methyl/N-ethyl adjacent to an activating group) is 1. The first-order chi connectivity index (χ1) is 30.4. The average molecular weight is 900 g/mol. The molecule has 3 aliphatic heterocycles. The quantitative estimate of drug-likeness (QED) is 0.0989. The fourth-order valence-corrected chi connectivity index (χ4v) is 9.88. The number of cyclic esters (lactones) is 1. The van der Waals surface area contributed by atoms with Gasteiger partial charge in [-0.05, 0) is 98.1 Å². The Hall–Kier alpha value is -4.13. The van der Waals surface area contributed by atoms with E-state index in [1.807, 2.05) is 71.3 Å². The van der Waals surface area contributed by atoms with Crippen LogP contribution in [0.1, 0.15) is 93.1 Å². The number of aromatic nitrogens is 2. The maximum atomic E-state index is 14.5. The number of esters is 2. The number of aliphatic hydroxyl groups is 1. The number of ether oxygens (including phenoxy) is 7. The molecule has 2 aromatic rings. The molecular formula is C47H73N5O12. The summed E-state index contributed by atoms with van der Waals surface area (Å²) in [6.45, 7) is 15.7. The molecule has 3 aliphatic rings. The van der Waals surface area contributed by atoms with Crippen LogP contribution in [0.25, 0.3) is 5.69 Å². The molecule has 0 aliphatic carbocycles. The molecule has 0 unspecified atom stereocenters. The molecule has 0 radical (unpaired) electrons. The van der Waals surface area contributed by atoms with Crippen molar-refractivity contribution in [1.29, 1.82) is 0 Å². The highest BCUT2D eigenvalue weighted by molar-refractivity contribution is 5.89. The van der Waals surface area contributed by atoms with Gasteiger partial charge in [-0.3, -0.25) is 9.59 Å². The molecule has 3 fully saturated rings. The zero-order valence-electron chi connectivity index (χ0n) is 39.9. The first kappa shape index (κ1) is 50.9. The largest absolute Gasteiger partial charge is 0.509 e. The summed E-state index contributed by atoms with van der Waals surface area (Å²) in [5.41, 5.74) is 0.189. The number of fused-ring (bicyclic) bond motifs is 1. The van der Waals surface area contributed by atoms with Gasteiger partial charge in [0.05, 0.1) is 42.2 Å². The van der Waals surface area contributed by atoms with Crippen LogP contribution in [0.2, 0.25) is 0 Å². The second-order valence-corrected chi connectivity index (χ2v) is 18.5. The molecule has 1 aromatic heterocycles. The Labute approximate surface area is 378 Å². The first-order valence-corrected chi connectivity index (χ1v) is 22.8. The molecule has 17 heteroatoms. The molecule has 1 aromatic carbocycles. The molecule has 4 heterocycles. The van der Waals surface area contributed by atoms with Crippen molar-refractivity contribution in [3.8, 4) is 5.69 Å². The minimum Gasteiger partial charge on any atom is -0.461 e. The van der Waals surface area contributed by atoms with Gasteiger partial charge in [-0.2, -0.15) is 0 Å². The number of aryl methyl sites for hydroxylation is 1. The Kier molecular flexibility index (Phi) is 17.8. The molecular weight excluding hydrogens is 827 g/mol. The standard InChI is InChI=1S/C47H73N5O12/c1-13-36-47(8)42(63-45(56)64-47)30(4)38(50-58-12)28(2)26-46(7,57-11)41(62-44-39(54)35(51(9)10)25-29(3)59-44)31(5)40(32(6)43(55)60-36)61-37(53)20-22-48-21-14-15-33-16-18-34(19-17-33)52-24-23-49-27-52/h16-19,23-24,27-32,35-36,39-42,44,48,54H,13-15,20-22,25-26H2,1-12H3/b50-38+/t28-,29-,30+,31+,32-,35+,36-,39-,40+,41-,42-,44+,46-,47-/m1/s1. The van der Waals surface area contributed by atoms with Gasteiger partial charge in [0.25, 0.3) is 0 Å². The van der Waals surface area contributed by atoms with E-state index in [9.17, 15) is 19.5 Å². The monoisotopic (exact) mass is 900 g/mol. The fraction of sp³-hybridized carbons (Fsp3) is 0.723. The lowest BCUT2D eigenvalue weighted by Crippen LogP contribution is -2.60. The summed E-state index contributed by atoms with van der Waals surface area (Å²) < 4.78 is 45.9. The number of oxime groups is 1. The van der Waals surface area contributed by atoms with E-state index in [0.717, 1.165) is 18.5 Å². The van der Waals surface area contributed by atoms with Gasteiger partial charge < -0.3 is 57.9 Å². The van der Waals surface area contributed by atoms with Crippen LogP contribution in [0.15, 0.2) is 48.1 Å². The number of hydrogen-bond acceptors (Lipinski definition) is 16. The summed E-state index contributed by atoms with van der Waals surface area (Å²) in [7, 11) is 6.80. The Morgan fingerprint density at radius 2 is 1.77 bits per heavy atom. The molecule has 0 spiro atoms. The van der Waals surface area contributed by atoms with Crippen molar-refractivity contribution in [2.24, 2.45) is 28.8 Å². The molecule has 0 bridgehead atoms. The lowest BCUT2D eigenvalue weighted by Gasteiger charge is -2.48. The average Bonchev–Trinajstić information content (AvgIpc) is 3.92. The lowest BCUT2D eigenvalue weighted by molar-refractivity contribution is -0.301. The summed E-state index contributed by atoms with van der Waals surface area (Å²) in [6, 6.07) is 8.04. The molecule has 64 heavy (non-hydrogen) atoms. The molecule has 5 rings (SSSR count). The Bertz CT molecular complexity index is 1850. The van der Waals surface area contributed by atoms with Gasteiger partial charge in [0.1, 0.15) is 25.4 Å². The SMILES string of the molecule is CC[C@H]1OC(=O)[C@H](C)[C@@H](OC(=O)CCNCCCc2ccc(-n3ccnc3)cc2)[C@H](C)[C@@H](O[C@@H]2O[C@H](C)C[C@H](N(C)C)[C@H]2O)[C@](C)(OC)C[C@@H](C)/C(=N\OC)[C@H](C)[C@H]2OC(=O)O[C@@]21C. The highest BCUT2D eigenvalue weighted by Crippen LogP contribution is 2.43. The molecule has 14 atom stereocenters. The van der Waals surface area contributed by atoms with Crippen molar-refractivity contribution >= 4 is 23.8 Å². The van der Waals surface area contributed by atoms with Crippen molar-refractivity contribution in [3.05, 3.63) is 48.5 Å². The van der Waals surface area contributed by atoms with Crippen LogP contribution < -0.4 is 5.32 Å². The Morgan fingerprint density at radius 3 is 2.39 bits per heavy atom. The third kappa shape index (κ3) is 11.8. The van der Waals surface area contributed by atoms with Crippen LogP contribution in [-0.4, -0.2) is 145 Å². The molecule has 358 valence electrons. The van der Waals surface area contributed by atoms with E-state index in [1.54, 1.807) is 33.5 Å². The van der Waals surface area contributed by atoms with Crippen molar-refractivity contribution in [2.75, 3.05) is 41.4 Å². The number of hydrogen-bond donors (Lipinski definition) is 2. The van der Waals surface area contributed by atoms with E-state index in [1.165, 1.54) is 12.7 Å². The van der Waals surface area contributed by atoms with Gasteiger partial charge in [-0.1, -0.05) is 45.0 Å². The number of carbonyl (C=O) groups excluding carboxylic acids is 3. The van der Waals surface area contributed by atoms with Gasteiger partial charge in [0.2, 0.25) is 0 Å². The minimum atomic E-state index is -1.41. The topological polar surface area (TPSA) is 191 Å². The van der Waals surface area contributed by atoms with Crippen molar-refractivity contribution in [3.63, 3.8) is 0 Å². The molecule has 0 saturated carbocycles. The van der Waals surface area contributed by atoms with Crippen LogP contribution in [0.3, 0.4) is 0 Å². The highest BCUT2D eigenvalue weighted by Gasteiger charge is 2.59. The summed E-state index contributed by atoms with van der Waals surface area (Å²) in [5, 5.41) is 19.6. The van der Waals surface area contributed by atoms with E-state index >= 15 is 0 Å². The van der Waals surface area contributed by atoms with Gasteiger partial charge in [0, 0.05) is 55.5 Å². The van der Waals surface area contributed by atoms with Crippen molar-refractivity contribution in [1.82, 2.24) is 19.8 Å². The Morgan fingerprint density at radius 1 is 1.05 bits per heavy atom. The molecule has 3 saturated heterocycles. The number of nitrogens with one attached hydrogen (secondary N) is 1. The summed E-state index contributed by atoms with van der Waals surface area (Å²) in [6.07, 6.45) is 1.05. The van der Waals surface area contributed by atoms with Crippen LogP contribution >= 0.6 is 0 Å². The molecule has 2 N–H and O–H groups in total. The molecule has 0 amide bonds. The number of benzene rings is 1. The summed E-state index contributed by atoms with van der Waals surface area (Å²) in [5.74, 6) is -3.94. The smallest absolute Gasteiger partial charge is 0.461 e. The minimum absolute atomic E-state index is 0.0283. The lowest BCUT2D eigenvalue weighted by atomic mass is 9.73. The van der Waals surface area contributed by atoms with Gasteiger partial charge in [0.15, 0.2) is 18.0 Å². The molecule has 17 nitrogen and oxygen atoms in total. The third-order valence-corrected chi connectivity index (χ3v) is 13.5. The van der Waals surface area contributed by atoms with Gasteiger partial charge in [-0.25, -0.2) is 9.78 Å². The van der Waals surface area contributed by atoms with Gasteiger partial charge in [-0.15, -0.1) is 0 Å². The zero-order valence-corrected chi connectivity index (χ0v) is 39.9. The van der Waals surface area contributed by atoms with E-state index in [2.05, 4.69) is 39.7 Å². The van der Waals surface area contributed by atoms with Crippen LogP contribution in [0, 0.1) is 23.7 Å². The third-order valence-electron chi connectivity index (χ3n) is 13.5. The number of methoxy groups -OCH3 is 1. The van der Waals surface area contributed by atoms with Crippen molar-refractivity contribution < 1.29 is 57.5 Å². The van der Waals surface area contributed by atoms with Gasteiger partial charge >= 0.3 is 18.1 Å². The van der Waals surface area contributed by atoms with Crippen molar-refractivity contribution in [2.45, 2.75) is 154 Å². The van der Waals surface area contributed by atoms with Crippen LogP contribution in [0.4, 0.5) is 4.79 Å². The van der Waals surface area contributed by atoms with Crippen LogP contribution in [0.5, 0.6) is 0 Å². The predicted octanol–water partition coefficient (Wildman–Crippen LogP) is 5.48. The fourth-order valence-electron chi connectivity index (χ4n) is 9.88. The van der Waals surface area contributed by atoms with E-state index in [-0.39, 0.29) is 37.3 Å². The zero-order chi connectivity index (χ0) is 46.9. The maximum absolute atomic E-state index is 14.5. The number of carbonyl (C=O) groups is 3. The highest BCUT2D eigenvalue weighted by atomic mass is 16.8. The number of rotatable bonds is 15. The normalized spacial score (nSPS) is 35.8. The number of nitrogens with zero attached hydrogens (tertiary/aromatic N) is 4. The Balaban J connectivity index is 1.43. The second-order valence-electron chi connectivity index (χ2n) is 18.5. The summed E-state index contributed by atoms with van der Waals surface area (Å²) in [4.78, 5) is 52.8. The van der Waals surface area contributed by atoms with E-state index in [0.29, 0.717) is 25.2 Å². The second kappa shape index (κ2) is 22.4. The maximum Gasteiger partial charge on any atom is 0.509 e. The first-order valence-electron chi connectivity index (χ1n) is 22.8.